The van der Waals surface area contributed by atoms with Gasteiger partial charge in [-0.25, -0.2) is 13.2 Å². The Morgan fingerprint density at radius 3 is 2.60 bits per heavy atom. The molecular weight excluding hydrogens is 205 g/mol. The fourth-order valence-electron chi connectivity index (χ4n) is 1.42. The predicted octanol–water partition coefficient (Wildman–Crippen LogP) is 3.08. The molecule has 0 unspecified atom stereocenters. The summed E-state index contributed by atoms with van der Waals surface area (Å²) in [6.45, 7) is 0.346. The minimum Gasteiger partial charge on any atom is -0.489 e. The average molecular weight is 215 g/mol. The molecule has 4 heteroatoms. The number of rotatable bonds is 3. The summed E-state index contributed by atoms with van der Waals surface area (Å²) in [6.07, 6.45) is 3.24. The van der Waals surface area contributed by atoms with E-state index >= 15 is 0 Å². The Hall–Kier alpha value is -1.19. The van der Waals surface area contributed by atoms with Crippen LogP contribution in [0.25, 0.3) is 0 Å². The first-order chi connectivity index (χ1) is 7.16. The number of hydrogen-bond donors (Lipinski definition) is 0. The van der Waals surface area contributed by atoms with Gasteiger partial charge in [0.2, 0.25) is 0 Å². The highest BCUT2D eigenvalue weighted by atomic mass is 19.2. The molecule has 0 spiro atoms. The molecule has 0 bridgehead atoms. The second kappa shape index (κ2) is 4.13. The zero-order valence-electron chi connectivity index (χ0n) is 8.03. The largest absolute Gasteiger partial charge is 0.489 e. The normalized spacial score (nSPS) is 16.2. The molecule has 1 saturated carbocycles. The Bertz CT molecular complexity index is 361. The zero-order valence-corrected chi connectivity index (χ0v) is 8.03. The lowest BCUT2D eigenvalue weighted by Gasteiger charge is -2.25. The summed E-state index contributed by atoms with van der Waals surface area (Å²) in [4.78, 5) is 0. The maximum Gasteiger partial charge on any atom is 0.170 e. The minimum atomic E-state index is -1.25. The van der Waals surface area contributed by atoms with Crippen molar-refractivity contribution < 1.29 is 17.9 Å². The monoisotopic (exact) mass is 215 g/mol. The molecule has 1 nitrogen and oxygen atoms in total. The van der Waals surface area contributed by atoms with Crippen LogP contribution in [0.3, 0.4) is 0 Å². The van der Waals surface area contributed by atoms with Gasteiger partial charge in [-0.15, -0.1) is 0 Å². The lowest BCUT2D eigenvalue weighted by molar-refractivity contribution is 0.174. The van der Waals surface area contributed by atoms with Crippen LogP contribution in [0.1, 0.15) is 19.3 Å². The van der Waals surface area contributed by atoms with E-state index in [0.29, 0.717) is 18.6 Å². The molecule has 1 aromatic carbocycles. The molecule has 0 aliphatic heterocycles. The van der Waals surface area contributed by atoms with Gasteiger partial charge in [-0.1, -0.05) is 6.42 Å². The van der Waals surface area contributed by atoms with Gasteiger partial charge in [0.1, 0.15) is 0 Å². The van der Waals surface area contributed by atoms with Gasteiger partial charge in [-0.05, 0) is 18.8 Å². The van der Waals surface area contributed by atoms with Crippen molar-refractivity contribution in [1.82, 2.24) is 0 Å². The summed E-state index contributed by atoms with van der Waals surface area (Å²) in [7, 11) is 0. The van der Waals surface area contributed by atoms with Crippen LogP contribution < -0.4 is 4.74 Å². The Morgan fingerprint density at radius 2 is 2.00 bits per heavy atom. The third-order valence-electron chi connectivity index (χ3n) is 2.59. The number of ether oxygens (including phenoxy) is 1. The maximum absolute atomic E-state index is 13.0. The lowest BCUT2D eigenvalue weighted by atomic mass is 9.86. The van der Waals surface area contributed by atoms with Crippen molar-refractivity contribution >= 4 is 0 Å². The molecule has 1 aromatic rings. The Kier molecular flexibility index (Phi) is 2.84. The van der Waals surface area contributed by atoms with E-state index in [1.807, 2.05) is 6.07 Å². The van der Waals surface area contributed by atoms with Crippen molar-refractivity contribution in [2.24, 2.45) is 5.92 Å². The lowest BCUT2D eigenvalue weighted by Crippen LogP contribution is -2.19. The molecule has 1 aliphatic rings. The third kappa shape index (κ3) is 2.25. The van der Waals surface area contributed by atoms with Crippen LogP contribution in [0.5, 0.6) is 5.75 Å². The Balaban J connectivity index is 2.03. The molecule has 0 aromatic heterocycles. The summed E-state index contributed by atoms with van der Waals surface area (Å²) in [5.74, 6) is -3.29. The first-order valence-corrected chi connectivity index (χ1v) is 4.86. The Morgan fingerprint density at radius 1 is 1.27 bits per heavy atom. The van der Waals surface area contributed by atoms with Crippen LogP contribution >= 0.6 is 0 Å². The molecule has 1 aliphatic carbocycles. The molecule has 0 N–H and O–H groups in total. The summed E-state index contributed by atoms with van der Waals surface area (Å²) in [5, 5.41) is 0. The van der Waals surface area contributed by atoms with E-state index in [9.17, 15) is 13.2 Å². The first-order valence-electron chi connectivity index (χ1n) is 4.86. The van der Waals surface area contributed by atoms with Gasteiger partial charge in [-0.2, -0.15) is 0 Å². The van der Waals surface area contributed by atoms with Gasteiger partial charge in [0, 0.05) is 6.07 Å². The van der Waals surface area contributed by atoms with Gasteiger partial charge < -0.3 is 4.74 Å². The second-order valence-corrected chi connectivity index (χ2v) is 3.72. The third-order valence-corrected chi connectivity index (χ3v) is 2.59. The van der Waals surface area contributed by atoms with Crippen molar-refractivity contribution in [2.75, 3.05) is 6.61 Å². The van der Waals surface area contributed by atoms with E-state index in [1.165, 1.54) is 0 Å². The van der Waals surface area contributed by atoms with Crippen LogP contribution in [-0.4, -0.2) is 6.61 Å². The quantitative estimate of drug-likeness (QED) is 0.704. The maximum atomic E-state index is 13.0. The van der Waals surface area contributed by atoms with Crippen molar-refractivity contribution in [3.05, 3.63) is 29.6 Å². The summed E-state index contributed by atoms with van der Waals surface area (Å²) < 4.78 is 43.3. The highest BCUT2D eigenvalue weighted by Crippen LogP contribution is 2.28. The van der Waals surface area contributed by atoms with E-state index in [-0.39, 0.29) is 5.75 Å². The molecule has 1 fully saturated rings. The molecule has 0 atom stereocenters. The second-order valence-electron chi connectivity index (χ2n) is 3.72. The van der Waals surface area contributed by atoms with E-state index in [1.54, 1.807) is 0 Å². The minimum absolute atomic E-state index is 0.333. The van der Waals surface area contributed by atoms with Crippen molar-refractivity contribution in [2.45, 2.75) is 19.3 Å². The topological polar surface area (TPSA) is 9.23 Å². The van der Waals surface area contributed by atoms with Crippen molar-refractivity contribution in [1.29, 1.82) is 0 Å². The van der Waals surface area contributed by atoms with Crippen LogP contribution in [0, 0.1) is 29.4 Å². The van der Waals surface area contributed by atoms with Crippen LogP contribution in [0.15, 0.2) is 6.07 Å². The van der Waals surface area contributed by atoms with E-state index in [4.69, 9.17) is 4.74 Å². The smallest absolute Gasteiger partial charge is 0.170 e. The Labute approximate surface area is 85.9 Å². The summed E-state index contributed by atoms with van der Waals surface area (Å²) in [6, 6.07) is 2.38. The van der Waals surface area contributed by atoms with Crippen LogP contribution in [0.2, 0.25) is 0 Å². The fraction of sp³-hybridized carbons (Fsp3) is 0.455. The van der Waals surface area contributed by atoms with E-state index in [0.717, 1.165) is 19.3 Å². The van der Waals surface area contributed by atoms with Crippen LogP contribution in [-0.2, 0) is 0 Å². The fourth-order valence-corrected chi connectivity index (χ4v) is 1.42. The van der Waals surface area contributed by atoms with Gasteiger partial charge in [0.25, 0.3) is 0 Å². The highest BCUT2D eigenvalue weighted by molar-refractivity contribution is 5.24. The molecular formula is C11H10F3O. The standard InChI is InChI=1S/C11H10F3O/c12-8-4-10(14)11(5-9(8)13)15-6-7-2-1-3-7/h4,7H,1-3,6H2. The molecule has 0 amide bonds. The summed E-state index contributed by atoms with van der Waals surface area (Å²) in [5.41, 5.74) is 0. The van der Waals surface area contributed by atoms with Gasteiger partial charge in [0.05, 0.1) is 12.7 Å². The van der Waals surface area contributed by atoms with E-state index < -0.39 is 17.5 Å². The first kappa shape index (κ1) is 10.3. The SMILES string of the molecule is Fc1[c]c(OCC2CCC2)c(F)cc1F. The molecule has 0 saturated heterocycles. The van der Waals surface area contributed by atoms with E-state index in [2.05, 4.69) is 0 Å². The average Bonchev–Trinajstić information content (AvgIpc) is 2.11. The van der Waals surface area contributed by atoms with Crippen LogP contribution in [0.4, 0.5) is 13.2 Å². The molecule has 2 rings (SSSR count). The summed E-state index contributed by atoms with van der Waals surface area (Å²) >= 11 is 0. The molecule has 1 radical (unpaired) electrons. The predicted molar refractivity (Wildman–Crippen MR) is 48.0 cm³/mol. The molecule has 81 valence electrons. The van der Waals surface area contributed by atoms with Crippen molar-refractivity contribution in [3.8, 4) is 5.75 Å². The number of halogens is 3. The van der Waals surface area contributed by atoms with Gasteiger partial charge in [0.15, 0.2) is 23.2 Å². The number of hydrogen-bond acceptors (Lipinski definition) is 1. The molecule has 15 heavy (non-hydrogen) atoms. The highest BCUT2D eigenvalue weighted by Gasteiger charge is 2.19. The van der Waals surface area contributed by atoms with Gasteiger partial charge in [-0.3, -0.25) is 0 Å². The zero-order chi connectivity index (χ0) is 10.8. The molecule has 0 heterocycles. The van der Waals surface area contributed by atoms with Crippen molar-refractivity contribution in [3.63, 3.8) is 0 Å². The van der Waals surface area contributed by atoms with Gasteiger partial charge >= 0.3 is 0 Å². The number of benzene rings is 1.